The van der Waals surface area contributed by atoms with Crippen LogP contribution in [-0.2, 0) is 16.0 Å². The highest BCUT2D eigenvalue weighted by Crippen LogP contribution is 2.18. The van der Waals surface area contributed by atoms with Gasteiger partial charge in [-0.2, -0.15) is 0 Å². The Kier molecular flexibility index (Phi) is 5.51. The van der Waals surface area contributed by atoms with Crippen molar-refractivity contribution in [2.45, 2.75) is 25.3 Å². The first-order chi connectivity index (χ1) is 10.2. The monoisotopic (exact) mass is 287 g/mol. The average molecular weight is 287 g/mol. The number of imidazole rings is 1. The summed E-state index contributed by atoms with van der Waals surface area (Å²) >= 11 is 0. The van der Waals surface area contributed by atoms with E-state index in [4.69, 9.17) is 5.73 Å². The van der Waals surface area contributed by atoms with Gasteiger partial charge < -0.3 is 15.0 Å². The maximum absolute atomic E-state index is 11.1. The van der Waals surface area contributed by atoms with Crippen molar-refractivity contribution in [3.8, 4) is 0 Å². The van der Waals surface area contributed by atoms with E-state index < -0.39 is 0 Å². The molecule has 0 radical (unpaired) electrons. The van der Waals surface area contributed by atoms with E-state index >= 15 is 0 Å². The Bertz CT molecular complexity index is 549. The highest BCUT2D eigenvalue weighted by molar-refractivity contribution is 5.69. The fourth-order valence-corrected chi connectivity index (χ4v) is 2.33. The van der Waals surface area contributed by atoms with Crippen LogP contribution >= 0.6 is 0 Å². The second kappa shape index (κ2) is 7.59. The predicted octanol–water partition coefficient (Wildman–Crippen LogP) is 1.93. The summed E-state index contributed by atoms with van der Waals surface area (Å²) in [5.74, 6) is -0.157. The molecule has 0 amide bonds. The zero-order chi connectivity index (χ0) is 15.1. The van der Waals surface area contributed by atoms with Crippen molar-refractivity contribution in [2.75, 3.05) is 13.7 Å². The molecule has 1 aromatic carbocycles. The van der Waals surface area contributed by atoms with Crippen LogP contribution in [0.3, 0.4) is 0 Å². The standard InChI is InChI=1S/C16H21N3O2/c1-21-16(20)4-2-3-13-5-7-14(8-6-13)15(11-17)19-10-9-18-12-19/h5-10,12,15H,2-4,11,17H2,1H3. The summed E-state index contributed by atoms with van der Waals surface area (Å²) in [6.07, 6.45) is 7.58. The summed E-state index contributed by atoms with van der Waals surface area (Å²) < 4.78 is 6.64. The first-order valence-electron chi connectivity index (χ1n) is 7.07. The van der Waals surface area contributed by atoms with Gasteiger partial charge in [-0.15, -0.1) is 0 Å². The molecule has 0 aliphatic carbocycles. The minimum absolute atomic E-state index is 0.108. The van der Waals surface area contributed by atoms with E-state index in [0.29, 0.717) is 13.0 Å². The Morgan fingerprint density at radius 2 is 2.14 bits per heavy atom. The fourth-order valence-electron chi connectivity index (χ4n) is 2.33. The molecule has 0 saturated carbocycles. The molecule has 21 heavy (non-hydrogen) atoms. The lowest BCUT2D eigenvalue weighted by Crippen LogP contribution is -2.19. The zero-order valence-corrected chi connectivity index (χ0v) is 12.2. The van der Waals surface area contributed by atoms with E-state index in [1.807, 2.05) is 10.8 Å². The number of nitrogens with zero attached hydrogens (tertiary/aromatic N) is 2. The van der Waals surface area contributed by atoms with E-state index in [1.165, 1.54) is 12.7 Å². The Hall–Kier alpha value is -2.14. The lowest BCUT2D eigenvalue weighted by Gasteiger charge is -2.17. The van der Waals surface area contributed by atoms with Crippen LogP contribution in [0.2, 0.25) is 0 Å². The van der Waals surface area contributed by atoms with Crippen molar-refractivity contribution in [1.82, 2.24) is 9.55 Å². The number of carbonyl (C=O) groups excluding carboxylic acids is 1. The van der Waals surface area contributed by atoms with Gasteiger partial charge in [-0.25, -0.2) is 4.98 Å². The van der Waals surface area contributed by atoms with Crippen LogP contribution < -0.4 is 5.73 Å². The summed E-state index contributed by atoms with van der Waals surface area (Å²) in [6.45, 7) is 0.526. The number of ether oxygens (including phenoxy) is 1. The highest BCUT2D eigenvalue weighted by Gasteiger charge is 2.11. The number of carbonyl (C=O) groups is 1. The molecule has 0 saturated heterocycles. The second-order valence-corrected chi connectivity index (χ2v) is 4.93. The quantitative estimate of drug-likeness (QED) is 0.790. The molecular weight excluding hydrogens is 266 g/mol. The largest absolute Gasteiger partial charge is 0.469 e. The fraction of sp³-hybridized carbons (Fsp3) is 0.375. The number of benzene rings is 1. The maximum Gasteiger partial charge on any atom is 0.305 e. The van der Waals surface area contributed by atoms with Crippen LogP contribution in [0.5, 0.6) is 0 Å². The molecule has 0 bridgehead atoms. The average Bonchev–Trinajstić information content (AvgIpc) is 3.03. The summed E-state index contributed by atoms with van der Waals surface area (Å²) in [5, 5.41) is 0. The first kappa shape index (κ1) is 15.3. The Morgan fingerprint density at radius 3 is 2.71 bits per heavy atom. The van der Waals surface area contributed by atoms with Gasteiger partial charge in [-0.1, -0.05) is 24.3 Å². The van der Waals surface area contributed by atoms with E-state index in [-0.39, 0.29) is 12.0 Å². The van der Waals surface area contributed by atoms with E-state index in [9.17, 15) is 4.79 Å². The van der Waals surface area contributed by atoms with Crippen molar-refractivity contribution in [2.24, 2.45) is 5.73 Å². The Morgan fingerprint density at radius 1 is 1.38 bits per heavy atom. The molecule has 1 heterocycles. The van der Waals surface area contributed by atoms with Gasteiger partial charge in [-0.3, -0.25) is 4.79 Å². The smallest absolute Gasteiger partial charge is 0.305 e. The molecule has 1 atom stereocenters. The van der Waals surface area contributed by atoms with Gasteiger partial charge in [0, 0.05) is 25.4 Å². The molecule has 0 aliphatic heterocycles. The minimum atomic E-state index is -0.157. The lowest BCUT2D eigenvalue weighted by atomic mass is 10.0. The molecule has 5 nitrogen and oxygen atoms in total. The number of rotatable bonds is 7. The van der Waals surface area contributed by atoms with Gasteiger partial charge >= 0.3 is 5.97 Å². The Labute approximate surface area is 124 Å². The number of hydrogen-bond acceptors (Lipinski definition) is 4. The summed E-state index contributed by atoms with van der Waals surface area (Å²) in [6, 6.07) is 8.46. The van der Waals surface area contributed by atoms with Gasteiger partial charge in [0.15, 0.2) is 0 Å². The second-order valence-electron chi connectivity index (χ2n) is 4.93. The van der Waals surface area contributed by atoms with E-state index in [0.717, 1.165) is 18.4 Å². The van der Waals surface area contributed by atoms with Gasteiger partial charge in [0.2, 0.25) is 0 Å². The van der Waals surface area contributed by atoms with E-state index in [1.54, 1.807) is 12.5 Å². The summed E-state index contributed by atoms with van der Waals surface area (Å²) in [7, 11) is 1.42. The summed E-state index contributed by atoms with van der Waals surface area (Å²) in [4.78, 5) is 15.1. The molecule has 1 unspecified atom stereocenters. The van der Waals surface area contributed by atoms with Crippen LogP contribution in [0.15, 0.2) is 43.0 Å². The molecule has 0 fully saturated rings. The molecule has 0 spiro atoms. The predicted molar refractivity (Wildman–Crippen MR) is 80.8 cm³/mol. The lowest BCUT2D eigenvalue weighted by molar-refractivity contribution is -0.140. The van der Waals surface area contributed by atoms with Crippen LogP contribution in [0.4, 0.5) is 0 Å². The molecule has 2 aromatic rings. The molecule has 112 valence electrons. The number of aryl methyl sites for hydroxylation is 1. The number of aromatic nitrogens is 2. The number of methoxy groups -OCH3 is 1. The van der Waals surface area contributed by atoms with Crippen molar-refractivity contribution >= 4 is 5.97 Å². The van der Waals surface area contributed by atoms with Crippen molar-refractivity contribution in [3.63, 3.8) is 0 Å². The maximum atomic E-state index is 11.1. The van der Waals surface area contributed by atoms with Gasteiger partial charge in [0.05, 0.1) is 19.5 Å². The van der Waals surface area contributed by atoms with Crippen LogP contribution in [0.1, 0.15) is 30.0 Å². The molecular formula is C16H21N3O2. The highest BCUT2D eigenvalue weighted by atomic mass is 16.5. The van der Waals surface area contributed by atoms with Crippen molar-refractivity contribution in [3.05, 3.63) is 54.1 Å². The molecule has 2 N–H and O–H groups in total. The topological polar surface area (TPSA) is 70.1 Å². The normalized spacial score (nSPS) is 12.1. The van der Waals surface area contributed by atoms with Gasteiger partial charge in [0.25, 0.3) is 0 Å². The van der Waals surface area contributed by atoms with Crippen LogP contribution in [0, 0.1) is 0 Å². The zero-order valence-electron chi connectivity index (χ0n) is 12.2. The molecule has 1 aromatic heterocycles. The van der Waals surface area contributed by atoms with Crippen molar-refractivity contribution in [1.29, 1.82) is 0 Å². The van der Waals surface area contributed by atoms with Crippen LogP contribution in [0.25, 0.3) is 0 Å². The number of nitrogens with two attached hydrogens (primary N) is 1. The number of esters is 1. The molecule has 5 heteroatoms. The molecule has 0 aliphatic rings. The SMILES string of the molecule is COC(=O)CCCc1ccc(C(CN)n2ccnc2)cc1. The van der Waals surface area contributed by atoms with Crippen LogP contribution in [-0.4, -0.2) is 29.2 Å². The molecule has 2 rings (SSSR count). The van der Waals surface area contributed by atoms with Gasteiger partial charge in [0.1, 0.15) is 0 Å². The number of hydrogen-bond donors (Lipinski definition) is 1. The third-order valence-electron chi connectivity index (χ3n) is 3.55. The third kappa shape index (κ3) is 4.16. The van der Waals surface area contributed by atoms with Gasteiger partial charge in [-0.05, 0) is 24.0 Å². The third-order valence-corrected chi connectivity index (χ3v) is 3.55. The minimum Gasteiger partial charge on any atom is -0.469 e. The first-order valence-corrected chi connectivity index (χ1v) is 7.07. The summed E-state index contributed by atoms with van der Waals surface area (Å²) in [5.41, 5.74) is 8.23. The Balaban J connectivity index is 1.96. The van der Waals surface area contributed by atoms with E-state index in [2.05, 4.69) is 34.0 Å². The van der Waals surface area contributed by atoms with Crippen molar-refractivity contribution < 1.29 is 9.53 Å².